The maximum Gasteiger partial charge on any atom is 0.309 e. The number of nitrogens with one attached hydrogen (secondary N) is 1. The summed E-state index contributed by atoms with van der Waals surface area (Å²) >= 11 is 0. The van der Waals surface area contributed by atoms with Gasteiger partial charge in [-0.05, 0) is 18.6 Å². The van der Waals surface area contributed by atoms with Crippen LogP contribution in [0.25, 0.3) is 0 Å². The first-order chi connectivity index (χ1) is 9.68. The number of rotatable bonds is 5. The molecule has 1 aromatic rings. The topological polar surface area (TPSA) is 130 Å². The zero-order valence-electron chi connectivity index (χ0n) is 10.9. The van der Waals surface area contributed by atoms with Crippen LogP contribution in [0.3, 0.4) is 0 Å². The van der Waals surface area contributed by atoms with E-state index in [9.17, 15) is 21.6 Å². The molecular weight excluding hydrogens is 320 g/mol. The molecule has 1 aliphatic rings. The van der Waals surface area contributed by atoms with Gasteiger partial charge in [-0.25, -0.2) is 16.8 Å². The summed E-state index contributed by atoms with van der Waals surface area (Å²) in [6.45, 7) is 0. The number of hydrogen-bond acceptors (Lipinski definition) is 6. The summed E-state index contributed by atoms with van der Waals surface area (Å²) in [5, 5.41) is 7.64. The molecule has 2 heterocycles. The number of carboxylic acids is 1. The molecule has 1 aliphatic heterocycles. The van der Waals surface area contributed by atoms with Crippen molar-refractivity contribution < 1.29 is 26.7 Å². The number of sulfonamides is 1. The highest BCUT2D eigenvalue weighted by Gasteiger charge is 2.37. The van der Waals surface area contributed by atoms with E-state index in [1.807, 2.05) is 0 Å². The van der Waals surface area contributed by atoms with Gasteiger partial charge in [0.2, 0.25) is 10.0 Å². The lowest BCUT2D eigenvalue weighted by Crippen LogP contribution is -2.28. The second-order valence-electron chi connectivity index (χ2n) is 4.78. The van der Waals surface area contributed by atoms with E-state index < -0.39 is 31.1 Å². The van der Waals surface area contributed by atoms with Gasteiger partial charge >= 0.3 is 5.97 Å². The van der Waals surface area contributed by atoms with Crippen molar-refractivity contribution >= 4 is 31.5 Å². The Kier molecular flexibility index (Phi) is 4.19. The quantitative estimate of drug-likeness (QED) is 0.751. The molecule has 1 fully saturated rings. The van der Waals surface area contributed by atoms with Gasteiger partial charge in [0.15, 0.2) is 9.84 Å². The van der Waals surface area contributed by atoms with E-state index in [2.05, 4.69) is 9.71 Å². The Morgan fingerprint density at radius 1 is 1.43 bits per heavy atom. The molecule has 0 radical (unpaired) electrons. The number of hydrogen-bond donors (Lipinski definition) is 2. The maximum absolute atomic E-state index is 12.1. The highest BCUT2D eigenvalue weighted by Crippen LogP contribution is 2.21. The minimum atomic E-state index is -3.81. The molecule has 1 aromatic heterocycles. The third kappa shape index (κ3) is 4.14. The molecule has 2 rings (SSSR count). The van der Waals surface area contributed by atoms with Crippen LogP contribution >= 0.6 is 0 Å². The lowest BCUT2D eigenvalue weighted by atomic mass is 10.3. The molecule has 0 bridgehead atoms. The molecule has 1 saturated heterocycles. The number of nitrogens with zero attached hydrogens (tertiary/aromatic N) is 1. The summed E-state index contributed by atoms with van der Waals surface area (Å²) in [7, 11) is -7.10. The van der Waals surface area contributed by atoms with E-state index >= 15 is 0 Å². The summed E-state index contributed by atoms with van der Waals surface area (Å²) in [6.07, 6.45) is 1.02. The van der Waals surface area contributed by atoms with Crippen LogP contribution < -0.4 is 4.72 Å². The van der Waals surface area contributed by atoms with E-state index in [4.69, 9.17) is 5.11 Å². The van der Waals surface area contributed by atoms with Gasteiger partial charge in [0.1, 0.15) is 0 Å². The predicted octanol–water partition coefficient (Wildman–Crippen LogP) is -0.362. The smallest absolute Gasteiger partial charge is 0.309 e. The highest BCUT2D eigenvalue weighted by atomic mass is 32.2. The summed E-state index contributed by atoms with van der Waals surface area (Å²) in [5.74, 6) is -1.55. The van der Waals surface area contributed by atoms with Crippen molar-refractivity contribution in [3.05, 3.63) is 24.0 Å². The number of anilines is 1. The Labute approximate surface area is 122 Å². The fraction of sp³-hybridized carbons (Fsp3) is 0.455. The zero-order chi connectivity index (χ0) is 15.7. The normalized spacial score (nSPS) is 21.0. The molecule has 1 atom stereocenters. The van der Waals surface area contributed by atoms with Gasteiger partial charge < -0.3 is 5.11 Å². The molecule has 0 saturated carbocycles. The number of carboxylic acid groups (broad SMARTS) is 1. The van der Waals surface area contributed by atoms with Gasteiger partial charge in [0, 0.05) is 0 Å². The predicted molar refractivity (Wildman–Crippen MR) is 75.2 cm³/mol. The number of aliphatic carboxylic acids is 1. The summed E-state index contributed by atoms with van der Waals surface area (Å²) in [5.41, 5.74) is 0.474. The van der Waals surface area contributed by atoms with Crippen LogP contribution in [0.5, 0.6) is 0 Å². The van der Waals surface area contributed by atoms with Crippen LogP contribution in [0.4, 0.5) is 5.69 Å². The van der Waals surface area contributed by atoms with Crippen molar-refractivity contribution in [3.63, 3.8) is 0 Å². The average molecular weight is 334 g/mol. The minimum Gasteiger partial charge on any atom is -0.481 e. The largest absolute Gasteiger partial charge is 0.481 e. The molecular formula is C11H14N2O6S2. The zero-order valence-corrected chi connectivity index (χ0v) is 12.5. The first-order valence-electron chi connectivity index (χ1n) is 6.07. The van der Waals surface area contributed by atoms with E-state index in [0.717, 1.165) is 0 Å². The van der Waals surface area contributed by atoms with Gasteiger partial charge in [-0.15, -0.1) is 0 Å². The summed E-state index contributed by atoms with van der Waals surface area (Å²) in [4.78, 5) is 14.3. The van der Waals surface area contributed by atoms with Gasteiger partial charge in [0.05, 0.1) is 40.8 Å². The van der Waals surface area contributed by atoms with Crippen LogP contribution in [0.2, 0.25) is 0 Å². The number of pyridine rings is 1. The Morgan fingerprint density at radius 3 is 2.62 bits per heavy atom. The Bertz CT molecular complexity index is 739. The highest BCUT2D eigenvalue weighted by molar-refractivity contribution is 7.97. The standard InChI is InChI=1S/C11H14N2O6S2/c14-11(15)5-8-1-2-9(6-12-8)13-21(18,19)10-3-4-20(16,17)7-10/h1-2,6,10,13H,3-5,7H2,(H,14,15). The Balaban J connectivity index is 2.08. The van der Waals surface area contributed by atoms with Gasteiger partial charge in [-0.1, -0.05) is 0 Å². The van der Waals surface area contributed by atoms with Crippen LogP contribution in [-0.2, 0) is 31.1 Å². The lowest BCUT2D eigenvalue weighted by Gasteiger charge is -2.12. The third-order valence-corrected chi connectivity index (χ3v) is 6.83. The average Bonchev–Trinajstić information content (AvgIpc) is 2.72. The van der Waals surface area contributed by atoms with Crippen molar-refractivity contribution in [1.82, 2.24) is 4.98 Å². The van der Waals surface area contributed by atoms with Crippen LogP contribution in [0.1, 0.15) is 12.1 Å². The Hall–Kier alpha value is -1.68. The molecule has 116 valence electrons. The molecule has 2 N–H and O–H groups in total. The van der Waals surface area contributed by atoms with Crippen molar-refractivity contribution in [1.29, 1.82) is 0 Å². The maximum atomic E-state index is 12.1. The molecule has 10 heteroatoms. The molecule has 0 spiro atoms. The molecule has 8 nitrogen and oxygen atoms in total. The number of sulfone groups is 1. The van der Waals surface area contributed by atoms with E-state index in [1.54, 1.807) is 0 Å². The van der Waals surface area contributed by atoms with Gasteiger partial charge in [-0.2, -0.15) is 0 Å². The molecule has 0 aliphatic carbocycles. The third-order valence-electron chi connectivity index (χ3n) is 3.05. The first-order valence-corrected chi connectivity index (χ1v) is 9.43. The van der Waals surface area contributed by atoms with E-state index in [1.165, 1.54) is 18.3 Å². The van der Waals surface area contributed by atoms with Crippen LogP contribution in [0, 0.1) is 0 Å². The molecule has 1 unspecified atom stereocenters. The van der Waals surface area contributed by atoms with E-state index in [0.29, 0.717) is 5.69 Å². The number of aromatic nitrogens is 1. The summed E-state index contributed by atoms with van der Waals surface area (Å²) < 4.78 is 49.0. The molecule has 0 aromatic carbocycles. The first kappa shape index (κ1) is 15.7. The molecule has 21 heavy (non-hydrogen) atoms. The fourth-order valence-electron chi connectivity index (χ4n) is 2.00. The minimum absolute atomic E-state index is 0.0716. The van der Waals surface area contributed by atoms with Crippen molar-refractivity contribution in [2.45, 2.75) is 18.1 Å². The van der Waals surface area contributed by atoms with Crippen molar-refractivity contribution in [2.24, 2.45) is 0 Å². The van der Waals surface area contributed by atoms with Crippen molar-refractivity contribution in [2.75, 3.05) is 16.2 Å². The number of carbonyl (C=O) groups is 1. The van der Waals surface area contributed by atoms with Gasteiger partial charge in [0.25, 0.3) is 0 Å². The van der Waals surface area contributed by atoms with Crippen molar-refractivity contribution in [3.8, 4) is 0 Å². The van der Waals surface area contributed by atoms with Gasteiger partial charge in [-0.3, -0.25) is 14.5 Å². The second kappa shape index (κ2) is 5.60. The monoisotopic (exact) mass is 334 g/mol. The SMILES string of the molecule is O=C(O)Cc1ccc(NS(=O)(=O)C2CCS(=O)(=O)C2)cn1. The lowest BCUT2D eigenvalue weighted by molar-refractivity contribution is -0.136. The summed E-state index contributed by atoms with van der Waals surface area (Å²) in [6, 6.07) is 2.80. The second-order valence-corrected chi connectivity index (χ2v) is 8.97. The van der Waals surface area contributed by atoms with Crippen LogP contribution in [-0.4, -0.2) is 49.7 Å². The van der Waals surface area contributed by atoms with E-state index in [-0.39, 0.29) is 30.0 Å². The molecule has 0 amide bonds. The fourth-order valence-corrected chi connectivity index (χ4v) is 6.07. The van der Waals surface area contributed by atoms with Crippen LogP contribution in [0.15, 0.2) is 18.3 Å². The Morgan fingerprint density at radius 2 is 2.14 bits per heavy atom.